The van der Waals surface area contributed by atoms with Crippen LogP contribution in [-0.2, 0) is 15.9 Å². The van der Waals surface area contributed by atoms with Crippen LogP contribution in [0, 0.1) is 0 Å². The van der Waals surface area contributed by atoms with Crippen molar-refractivity contribution in [1.29, 1.82) is 0 Å². The van der Waals surface area contributed by atoms with Crippen LogP contribution in [0.5, 0.6) is 5.75 Å². The molecule has 1 aromatic rings. The second-order valence-electron chi connectivity index (χ2n) is 3.98. The van der Waals surface area contributed by atoms with Gasteiger partial charge in [0.05, 0.1) is 17.9 Å². The average Bonchev–Trinajstić information content (AvgIpc) is 2.35. The molecule has 4 nitrogen and oxygen atoms in total. The minimum atomic E-state index is -4.61. The molecular formula is C11H13ClF3NO3S. The van der Waals surface area contributed by atoms with Gasteiger partial charge in [0.25, 0.3) is 0 Å². The average molecular weight is 332 g/mol. The molecule has 0 bridgehead atoms. The minimum absolute atomic E-state index is 0.0183. The summed E-state index contributed by atoms with van der Waals surface area (Å²) >= 11 is 5.65. The van der Waals surface area contributed by atoms with Crippen LogP contribution in [0.4, 0.5) is 13.2 Å². The van der Waals surface area contributed by atoms with Gasteiger partial charge in [0, 0.05) is 12.6 Å². The van der Waals surface area contributed by atoms with E-state index >= 15 is 0 Å². The largest absolute Gasteiger partial charge is 0.496 e. The van der Waals surface area contributed by atoms with E-state index < -0.39 is 22.7 Å². The zero-order valence-electron chi connectivity index (χ0n) is 10.7. The SMILES string of the molecule is COc1ccc(S(=O)(=O)N(C)CC(F)(F)F)cc1CCl. The first kappa shape index (κ1) is 17.1. The number of benzene rings is 1. The second-order valence-corrected chi connectivity index (χ2v) is 6.30. The van der Waals surface area contributed by atoms with Crippen molar-refractivity contribution in [2.75, 3.05) is 20.7 Å². The lowest BCUT2D eigenvalue weighted by Gasteiger charge is -2.19. The van der Waals surface area contributed by atoms with Crippen molar-refractivity contribution < 1.29 is 26.3 Å². The Hall–Kier alpha value is -0.990. The number of ether oxygens (including phenoxy) is 1. The van der Waals surface area contributed by atoms with E-state index in [1.807, 2.05) is 0 Å². The van der Waals surface area contributed by atoms with E-state index in [0.717, 1.165) is 7.05 Å². The molecule has 0 aliphatic carbocycles. The summed E-state index contributed by atoms with van der Waals surface area (Å²) in [7, 11) is -1.98. The van der Waals surface area contributed by atoms with E-state index in [-0.39, 0.29) is 15.1 Å². The smallest absolute Gasteiger partial charge is 0.402 e. The molecule has 114 valence electrons. The summed E-state index contributed by atoms with van der Waals surface area (Å²) in [5.41, 5.74) is 0.385. The van der Waals surface area contributed by atoms with Gasteiger partial charge >= 0.3 is 6.18 Å². The molecule has 0 radical (unpaired) electrons. The first-order chi connectivity index (χ1) is 9.11. The Labute approximate surface area is 120 Å². The van der Waals surface area contributed by atoms with Gasteiger partial charge in [-0.3, -0.25) is 0 Å². The fourth-order valence-electron chi connectivity index (χ4n) is 1.54. The quantitative estimate of drug-likeness (QED) is 0.779. The summed E-state index contributed by atoms with van der Waals surface area (Å²) in [6.07, 6.45) is -4.61. The van der Waals surface area contributed by atoms with Crippen molar-refractivity contribution in [2.45, 2.75) is 17.0 Å². The van der Waals surface area contributed by atoms with Crippen molar-refractivity contribution in [3.05, 3.63) is 23.8 Å². The molecule has 0 fully saturated rings. The van der Waals surface area contributed by atoms with Gasteiger partial charge in [-0.2, -0.15) is 17.5 Å². The van der Waals surface area contributed by atoms with Gasteiger partial charge in [0.2, 0.25) is 10.0 Å². The third kappa shape index (κ3) is 4.00. The van der Waals surface area contributed by atoms with E-state index in [9.17, 15) is 21.6 Å². The van der Waals surface area contributed by atoms with Crippen LogP contribution in [-0.4, -0.2) is 39.6 Å². The number of methoxy groups -OCH3 is 1. The van der Waals surface area contributed by atoms with Crippen LogP contribution >= 0.6 is 11.6 Å². The Morgan fingerprint density at radius 1 is 1.35 bits per heavy atom. The van der Waals surface area contributed by atoms with E-state index in [4.69, 9.17) is 16.3 Å². The Kier molecular flexibility index (Phi) is 5.28. The number of hydrogen-bond donors (Lipinski definition) is 0. The van der Waals surface area contributed by atoms with E-state index in [2.05, 4.69) is 0 Å². The Morgan fingerprint density at radius 2 is 1.95 bits per heavy atom. The lowest BCUT2D eigenvalue weighted by Crippen LogP contribution is -2.35. The highest BCUT2D eigenvalue weighted by molar-refractivity contribution is 7.89. The van der Waals surface area contributed by atoms with Crippen LogP contribution in [0.2, 0.25) is 0 Å². The summed E-state index contributed by atoms with van der Waals surface area (Å²) in [6.45, 7) is -1.56. The zero-order chi connectivity index (χ0) is 15.6. The monoisotopic (exact) mass is 331 g/mol. The molecule has 20 heavy (non-hydrogen) atoms. The molecule has 0 aromatic heterocycles. The molecule has 0 saturated carbocycles. The molecule has 0 spiro atoms. The molecule has 9 heteroatoms. The number of halogens is 4. The predicted octanol–water partition coefficient (Wildman–Crippen LogP) is 2.62. The first-order valence-corrected chi connectivity index (χ1v) is 7.35. The van der Waals surface area contributed by atoms with Crippen molar-refractivity contribution in [1.82, 2.24) is 4.31 Å². The van der Waals surface area contributed by atoms with E-state index in [0.29, 0.717) is 11.3 Å². The van der Waals surface area contributed by atoms with Gasteiger partial charge in [-0.1, -0.05) is 0 Å². The molecule has 0 N–H and O–H groups in total. The summed E-state index contributed by atoms with van der Waals surface area (Å²) in [6, 6.07) is 3.73. The topological polar surface area (TPSA) is 46.6 Å². The summed E-state index contributed by atoms with van der Waals surface area (Å²) in [4.78, 5) is -0.263. The summed E-state index contributed by atoms with van der Waals surface area (Å²) in [5, 5.41) is 0. The van der Waals surface area contributed by atoms with Gasteiger partial charge in [0.1, 0.15) is 12.3 Å². The highest BCUT2D eigenvalue weighted by Gasteiger charge is 2.34. The molecule has 0 unspecified atom stereocenters. The normalized spacial score (nSPS) is 12.8. The predicted molar refractivity (Wildman–Crippen MR) is 68.4 cm³/mol. The molecule has 0 atom stereocenters. The van der Waals surface area contributed by atoms with Crippen molar-refractivity contribution in [3.63, 3.8) is 0 Å². The van der Waals surface area contributed by atoms with E-state index in [1.54, 1.807) is 0 Å². The zero-order valence-corrected chi connectivity index (χ0v) is 12.3. The number of alkyl halides is 4. The Bertz CT molecular complexity index is 575. The molecular weight excluding hydrogens is 319 g/mol. The highest BCUT2D eigenvalue weighted by atomic mass is 35.5. The van der Waals surface area contributed by atoms with Gasteiger partial charge in [0.15, 0.2) is 0 Å². The number of nitrogens with zero attached hydrogens (tertiary/aromatic N) is 1. The lowest BCUT2D eigenvalue weighted by atomic mass is 10.2. The van der Waals surface area contributed by atoms with Crippen LogP contribution < -0.4 is 4.74 Å². The third-order valence-electron chi connectivity index (χ3n) is 2.51. The number of hydrogen-bond acceptors (Lipinski definition) is 3. The molecule has 1 aromatic carbocycles. The molecule has 0 saturated heterocycles. The maximum atomic E-state index is 12.3. The van der Waals surface area contributed by atoms with E-state index in [1.165, 1.54) is 25.3 Å². The summed E-state index contributed by atoms with van der Waals surface area (Å²) < 4.78 is 66.1. The minimum Gasteiger partial charge on any atom is -0.496 e. The van der Waals surface area contributed by atoms with Crippen LogP contribution in [0.15, 0.2) is 23.1 Å². The molecule has 0 amide bonds. The molecule has 0 aliphatic rings. The van der Waals surface area contributed by atoms with Gasteiger partial charge in [-0.25, -0.2) is 8.42 Å². The lowest BCUT2D eigenvalue weighted by molar-refractivity contribution is -0.134. The van der Waals surface area contributed by atoms with Crippen molar-refractivity contribution >= 4 is 21.6 Å². The second kappa shape index (κ2) is 6.19. The van der Waals surface area contributed by atoms with Crippen LogP contribution in [0.25, 0.3) is 0 Å². The number of rotatable bonds is 5. The Morgan fingerprint density at radius 3 is 2.40 bits per heavy atom. The van der Waals surface area contributed by atoms with Crippen molar-refractivity contribution in [2.24, 2.45) is 0 Å². The van der Waals surface area contributed by atoms with Crippen LogP contribution in [0.1, 0.15) is 5.56 Å². The first-order valence-electron chi connectivity index (χ1n) is 5.38. The fraction of sp³-hybridized carbons (Fsp3) is 0.455. The molecule has 0 heterocycles. The number of sulfonamides is 1. The third-order valence-corrected chi connectivity index (χ3v) is 4.59. The van der Waals surface area contributed by atoms with Gasteiger partial charge in [-0.15, -0.1) is 11.6 Å². The molecule has 0 aliphatic heterocycles. The highest BCUT2D eigenvalue weighted by Crippen LogP contribution is 2.26. The van der Waals surface area contributed by atoms with Gasteiger partial charge < -0.3 is 4.74 Å². The molecule has 1 rings (SSSR count). The van der Waals surface area contributed by atoms with Crippen molar-refractivity contribution in [3.8, 4) is 5.75 Å². The van der Waals surface area contributed by atoms with Crippen LogP contribution in [0.3, 0.4) is 0 Å². The Balaban J connectivity index is 3.16. The maximum Gasteiger partial charge on any atom is 0.402 e. The summed E-state index contributed by atoms with van der Waals surface area (Å²) in [5.74, 6) is 0.354. The fourth-order valence-corrected chi connectivity index (χ4v) is 2.95. The van der Waals surface area contributed by atoms with Gasteiger partial charge in [-0.05, 0) is 18.2 Å². The maximum absolute atomic E-state index is 12.3. The standard InChI is InChI=1S/C11H13ClF3NO3S/c1-16(7-11(13,14)15)20(17,18)9-3-4-10(19-2)8(5-9)6-12/h3-5H,6-7H2,1-2H3.